The van der Waals surface area contributed by atoms with Crippen LogP contribution in [-0.2, 0) is 0 Å². The molecule has 0 bridgehead atoms. The lowest BCUT2D eigenvalue weighted by atomic mass is 10.1. The Balaban J connectivity index is 2.90. The summed E-state index contributed by atoms with van der Waals surface area (Å²) in [6.45, 7) is 3.28. The monoisotopic (exact) mass is 315 g/mol. The average molecular weight is 316 g/mol. The van der Waals surface area contributed by atoms with Crippen LogP contribution in [0.15, 0.2) is 18.2 Å². The van der Waals surface area contributed by atoms with Crippen molar-refractivity contribution in [3.63, 3.8) is 0 Å². The third-order valence-corrected chi connectivity index (χ3v) is 2.99. The van der Waals surface area contributed by atoms with E-state index in [1.54, 1.807) is 4.90 Å². The van der Waals surface area contributed by atoms with Gasteiger partial charge >= 0.3 is 0 Å². The van der Waals surface area contributed by atoms with Gasteiger partial charge < -0.3 is 15.1 Å². The Morgan fingerprint density at radius 1 is 1.33 bits per heavy atom. The minimum Gasteiger partial charge on any atom is -0.508 e. The Morgan fingerprint density at radius 2 is 2.06 bits per heavy atom. The van der Waals surface area contributed by atoms with Gasteiger partial charge in [-0.05, 0) is 24.6 Å². The summed E-state index contributed by atoms with van der Waals surface area (Å²) in [6, 6.07) is 3.98. The first-order valence-electron chi connectivity index (χ1n) is 5.97. The van der Waals surface area contributed by atoms with Gasteiger partial charge in [0.2, 0.25) is 0 Å². The van der Waals surface area contributed by atoms with Gasteiger partial charge in [-0.2, -0.15) is 0 Å². The van der Waals surface area contributed by atoms with Gasteiger partial charge in [-0.25, -0.2) is 0 Å². The molecule has 0 heterocycles. The fourth-order valence-electron chi connectivity index (χ4n) is 1.63. The largest absolute Gasteiger partial charge is 0.508 e. The molecule has 1 amide bonds. The van der Waals surface area contributed by atoms with E-state index in [0.29, 0.717) is 18.4 Å². The molecule has 0 spiro atoms. The summed E-state index contributed by atoms with van der Waals surface area (Å²) in [4.78, 5) is 13.9. The lowest BCUT2D eigenvalue weighted by Crippen LogP contribution is -2.33. The Bertz CT molecular complexity index is 409. The van der Waals surface area contributed by atoms with Gasteiger partial charge in [-0.3, -0.25) is 4.79 Å². The molecule has 1 aromatic rings. The van der Waals surface area contributed by atoms with Crippen molar-refractivity contribution in [3.8, 4) is 11.5 Å². The Hall–Kier alpha value is -1.23. The van der Waals surface area contributed by atoms with E-state index in [2.05, 4.69) is 22.9 Å². The van der Waals surface area contributed by atoms with Crippen molar-refractivity contribution >= 4 is 21.8 Å². The molecular formula is C13H18BrNO3. The summed E-state index contributed by atoms with van der Waals surface area (Å²) in [5.41, 5.74) is 0.145. The molecular weight excluding hydrogens is 298 g/mol. The maximum absolute atomic E-state index is 12.2. The van der Waals surface area contributed by atoms with Crippen LogP contribution in [-0.4, -0.2) is 39.4 Å². The van der Waals surface area contributed by atoms with Gasteiger partial charge in [0.25, 0.3) is 5.91 Å². The molecule has 1 rings (SSSR count). The third kappa shape index (κ3) is 3.91. The van der Waals surface area contributed by atoms with Crippen molar-refractivity contribution in [2.75, 3.05) is 18.4 Å². The highest BCUT2D eigenvalue weighted by Crippen LogP contribution is 2.23. The van der Waals surface area contributed by atoms with Crippen LogP contribution in [0.4, 0.5) is 0 Å². The number of hydrogen-bond donors (Lipinski definition) is 2. The summed E-state index contributed by atoms with van der Waals surface area (Å²) in [6.07, 6.45) is 1.91. The number of benzene rings is 1. The van der Waals surface area contributed by atoms with Gasteiger partial charge in [0, 0.05) is 18.4 Å². The average Bonchev–Trinajstić information content (AvgIpc) is 2.36. The Labute approximate surface area is 115 Å². The molecule has 0 aliphatic carbocycles. The fraction of sp³-hybridized carbons (Fsp3) is 0.462. The maximum Gasteiger partial charge on any atom is 0.257 e. The molecule has 1 aromatic carbocycles. The van der Waals surface area contributed by atoms with Gasteiger partial charge in [0.1, 0.15) is 11.5 Å². The number of amides is 1. The molecule has 5 heteroatoms. The summed E-state index contributed by atoms with van der Waals surface area (Å²) < 4.78 is 0. The zero-order chi connectivity index (χ0) is 13.5. The number of nitrogens with zero attached hydrogens (tertiary/aromatic N) is 1. The van der Waals surface area contributed by atoms with Crippen molar-refractivity contribution < 1.29 is 15.0 Å². The molecule has 0 atom stereocenters. The van der Waals surface area contributed by atoms with E-state index in [1.807, 2.05) is 0 Å². The van der Waals surface area contributed by atoms with Crippen LogP contribution >= 0.6 is 15.9 Å². The van der Waals surface area contributed by atoms with E-state index < -0.39 is 0 Å². The lowest BCUT2D eigenvalue weighted by Gasteiger charge is -2.22. The van der Waals surface area contributed by atoms with E-state index in [4.69, 9.17) is 0 Å². The molecule has 0 unspecified atom stereocenters. The number of carbonyl (C=O) groups is 1. The summed E-state index contributed by atoms with van der Waals surface area (Å²) in [5, 5.41) is 19.7. The van der Waals surface area contributed by atoms with E-state index in [-0.39, 0.29) is 23.0 Å². The fourth-order valence-corrected chi connectivity index (χ4v) is 2.06. The van der Waals surface area contributed by atoms with E-state index in [1.165, 1.54) is 18.2 Å². The van der Waals surface area contributed by atoms with Crippen molar-refractivity contribution in [1.82, 2.24) is 4.90 Å². The van der Waals surface area contributed by atoms with E-state index in [0.717, 1.165) is 12.8 Å². The molecule has 0 fully saturated rings. The number of halogens is 1. The summed E-state index contributed by atoms with van der Waals surface area (Å²) in [5.74, 6) is -0.379. The van der Waals surface area contributed by atoms with Crippen LogP contribution in [0.1, 0.15) is 30.1 Å². The Morgan fingerprint density at radius 3 is 2.67 bits per heavy atom. The number of carbonyl (C=O) groups excluding carboxylic acids is 1. The number of unbranched alkanes of at least 4 members (excludes halogenated alkanes) is 1. The molecule has 0 aromatic heterocycles. The minimum atomic E-state index is -0.253. The molecule has 0 saturated carbocycles. The van der Waals surface area contributed by atoms with Crippen molar-refractivity contribution in [2.45, 2.75) is 19.8 Å². The molecule has 0 aliphatic rings. The highest BCUT2D eigenvalue weighted by atomic mass is 79.9. The molecule has 18 heavy (non-hydrogen) atoms. The topological polar surface area (TPSA) is 60.8 Å². The van der Waals surface area contributed by atoms with Crippen LogP contribution in [0.5, 0.6) is 11.5 Å². The van der Waals surface area contributed by atoms with Gasteiger partial charge in [0.05, 0.1) is 5.56 Å². The number of aromatic hydroxyl groups is 2. The second-order valence-electron chi connectivity index (χ2n) is 4.04. The first-order chi connectivity index (χ1) is 8.60. The molecule has 0 aliphatic heterocycles. The normalized spacial score (nSPS) is 10.3. The predicted molar refractivity (Wildman–Crippen MR) is 74.4 cm³/mol. The molecule has 0 radical (unpaired) electrons. The molecule has 100 valence electrons. The minimum absolute atomic E-state index is 0.0227. The van der Waals surface area contributed by atoms with Crippen LogP contribution in [0.2, 0.25) is 0 Å². The van der Waals surface area contributed by atoms with Crippen molar-refractivity contribution in [3.05, 3.63) is 23.8 Å². The number of phenolic OH excluding ortho intramolecular Hbond substituents is 2. The standard InChI is InChI=1S/C13H18BrNO3/c1-2-3-7-15(8-6-14)13(18)11-9-10(16)4-5-12(11)17/h4-5,9,16-17H,2-3,6-8H2,1H3. The van der Waals surface area contributed by atoms with E-state index in [9.17, 15) is 15.0 Å². The van der Waals surface area contributed by atoms with Crippen LogP contribution in [0.3, 0.4) is 0 Å². The van der Waals surface area contributed by atoms with Crippen LogP contribution in [0.25, 0.3) is 0 Å². The molecule has 0 saturated heterocycles. The zero-order valence-electron chi connectivity index (χ0n) is 10.4. The number of hydrogen-bond acceptors (Lipinski definition) is 3. The van der Waals surface area contributed by atoms with Gasteiger partial charge in [0.15, 0.2) is 0 Å². The SMILES string of the molecule is CCCCN(CCBr)C(=O)c1cc(O)ccc1O. The Kier molecular flexibility index (Phi) is 5.98. The van der Waals surface area contributed by atoms with E-state index >= 15 is 0 Å². The zero-order valence-corrected chi connectivity index (χ0v) is 12.0. The predicted octanol–water partition coefficient (Wildman–Crippen LogP) is 2.74. The number of alkyl halides is 1. The quantitative estimate of drug-likeness (QED) is 0.627. The van der Waals surface area contributed by atoms with Crippen molar-refractivity contribution in [2.24, 2.45) is 0 Å². The van der Waals surface area contributed by atoms with Crippen LogP contribution in [0, 0.1) is 0 Å². The maximum atomic E-state index is 12.2. The van der Waals surface area contributed by atoms with Crippen LogP contribution < -0.4 is 0 Å². The molecule has 2 N–H and O–H groups in total. The number of phenols is 2. The molecule has 4 nitrogen and oxygen atoms in total. The summed E-state index contributed by atoms with van der Waals surface area (Å²) >= 11 is 3.31. The van der Waals surface area contributed by atoms with Crippen molar-refractivity contribution in [1.29, 1.82) is 0 Å². The second kappa shape index (κ2) is 7.26. The first-order valence-corrected chi connectivity index (χ1v) is 7.09. The van der Waals surface area contributed by atoms with Gasteiger partial charge in [-0.1, -0.05) is 29.3 Å². The second-order valence-corrected chi connectivity index (χ2v) is 4.83. The lowest BCUT2D eigenvalue weighted by molar-refractivity contribution is 0.0761. The smallest absolute Gasteiger partial charge is 0.257 e. The summed E-state index contributed by atoms with van der Waals surface area (Å²) in [7, 11) is 0. The third-order valence-electron chi connectivity index (χ3n) is 2.63. The number of rotatable bonds is 6. The highest BCUT2D eigenvalue weighted by Gasteiger charge is 2.18. The highest BCUT2D eigenvalue weighted by molar-refractivity contribution is 9.09. The van der Waals surface area contributed by atoms with Gasteiger partial charge in [-0.15, -0.1) is 0 Å². The first kappa shape index (κ1) is 14.8.